The van der Waals surface area contributed by atoms with Gasteiger partial charge in [0.2, 0.25) is 5.91 Å². The molecule has 0 aliphatic carbocycles. The first-order valence-corrected chi connectivity index (χ1v) is 23.0. The Hall–Kier alpha value is -0.990. The van der Waals surface area contributed by atoms with E-state index in [9.17, 15) is 24.2 Å². The molecular formula is C41H82NO8P. The summed E-state index contributed by atoms with van der Waals surface area (Å²) < 4.78 is 26.8. The standard InChI is InChI=1S/C41H82NO8P/c1-3-5-7-9-11-13-15-16-17-18-19-20-21-22-24-26-28-30-32-34-41(45)48-37-39(43)38-50-51(46,47)49-36-35-42-40(44)33-31-29-27-25-23-14-12-10-8-6-4-2/h39,43H,3-38H2,1-2H3,(H,42,44)(H,46,47). The summed E-state index contributed by atoms with van der Waals surface area (Å²) in [6.07, 6.45) is 37.5. The Kier molecular flexibility index (Phi) is 38.0. The molecule has 51 heavy (non-hydrogen) atoms. The smallest absolute Gasteiger partial charge is 0.463 e. The molecule has 0 saturated heterocycles. The number of aliphatic hydroxyl groups excluding tert-OH is 1. The van der Waals surface area contributed by atoms with Gasteiger partial charge in [-0.3, -0.25) is 18.6 Å². The Labute approximate surface area is 314 Å². The van der Waals surface area contributed by atoms with Gasteiger partial charge in [0.25, 0.3) is 0 Å². The van der Waals surface area contributed by atoms with Crippen LogP contribution in [-0.2, 0) is 27.9 Å². The lowest BCUT2D eigenvalue weighted by atomic mass is 10.0. The molecule has 3 N–H and O–H groups in total. The van der Waals surface area contributed by atoms with Crippen molar-refractivity contribution < 1.29 is 37.9 Å². The lowest BCUT2D eigenvalue weighted by molar-refractivity contribution is -0.147. The summed E-state index contributed by atoms with van der Waals surface area (Å²) >= 11 is 0. The summed E-state index contributed by atoms with van der Waals surface area (Å²) in [5, 5.41) is 12.7. The predicted octanol–water partition coefficient (Wildman–Crippen LogP) is 11.7. The summed E-state index contributed by atoms with van der Waals surface area (Å²) in [6, 6.07) is 0. The molecule has 0 saturated carbocycles. The van der Waals surface area contributed by atoms with Crippen LogP contribution in [0.1, 0.15) is 219 Å². The van der Waals surface area contributed by atoms with Crippen molar-refractivity contribution in [3.63, 3.8) is 0 Å². The first-order valence-electron chi connectivity index (χ1n) is 21.5. The predicted molar refractivity (Wildman–Crippen MR) is 211 cm³/mol. The summed E-state index contributed by atoms with van der Waals surface area (Å²) in [6.45, 7) is 3.58. The van der Waals surface area contributed by atoms with E-state index < -0.39 is 26.5 Å². The van der Waals surface area contributed by atoms with E-state index in [1.165, 1.54) is 154 Å². The van der Waals surface area contributed by atoms with Crippen LogP contribution in [0.15, 0.2) is 0 Å². The quantitative estimate of drug-likeness (QED) is 0.0320. The zero-order valence-electron chi connectivity index (χ0n) is 33.3. The van der Waals surface area contributed by atoms with Gasteiger partial charge in [-0.25, -0.2) is 4.57 Å². The van der Waals surface area contributed by atoms with Gasteiger partial charge in [-0.05, 0) is 12.8 Å². The number of nitrogens with one attached hydrogen (secondary N) is 1. The Balaban J connectivity index is 3.54. The summed E-state index contributed by atoms with van der Waals surface area (Å²) in [5.74, 6) is -0.506. The number of phosphoric ester groups is 1. The van der Waals surface area contributed by atoms with E-state index in [4.69, 9.17) is 13.8 Å². The fraction of sp³-hybridized carbons (Fsp3) is 0.951. The molecule has 0 rings (SSSR count). The second-order valence-electron chi connectivity index (χ2n) is 14.7. The molecule has 0 spiro atoms. The maximum atomic E-state index is 12.1. The van der Waals surface area contributed by atoms with Crippen molar-refractivity contribution >= 4 is 19.7 Å². The van der Waals surface area contributed by atoms with Gasteiger partial charge in [-0.1, -0.05) is 194 Å². The highest BCUT2D eigenvalue weighted by Gasteiger charge is 2.23. The lowest BCUT2D eigenvalue weighted by Crippen LogP contribution is -2.27. The first kappa shape index (κ1) is 50.0. The zero-order valence-corrected chi connectivity index (χ0v) is 34.2. The van der Waals surface area contributed by atoms with E-state index in [2.05, 4.69) is 19.2 Å². The number of aliphatic hydroxyl groups is 1. The molecule has 10 heteroatoms. The first-order chi connectivity index (χ1) is 24.8. The fourth-order valence-corrected chi connectivity index (χ4v) is 7.02. The van der Waals surface area contributed by atoms with Gasteiger partial charge in [0.1, 0.15) is 12.7 Å². The maximum absolute atomic E-state index is 12.1. The maximum Gasteiger partial charge on any atom is 0.472 e. The van der Waals surface area contributed by atoms with Crippen LogP contribution in [0.5, 0.6) is 0 Å². The molecule has 9 nitrogen and oxygen atoms in total. The van der Waals surface area contributed by atoms with Crippen LogP contribution < -0.4 is 5.32 Å². The third-order valence-electron chi connectivity index (χ3n) is 9.54. The van der Waals surface area contributed by atoms with Gasteiger partial charge in [-0.15, -0.1) is 0 Å². The van der Waals surface area contributed by atoms with Crippen LogP contribution in [-0.4, -0.2) is 54.3 Å². The third kappa shape index (κ3) is 40.0. The summed E-state index contributed by atoms with van der Waals surface area (Å²) in [4.78, 5) is 33.8. The summed E-state index contributed by atoms with van der Waals surface area (Å²) in [5.41, 5.74) is 0. The van der Waals surface area contributed by atoms with Crippen LogP contribution in [0, 0.1) is 0 Å². The number of carbonyl (C=O) groups excluding carboxylic acids is 2. The van der Waals surface area contributed by atoms with Crippen molar-refractivity contribution in [1.82, 2.24) is 5.32 Å². The molecule has 2 atom stereocenters. The van der Waals surface area contributed by atoms with Gasteiger partial charge < -0.3 is 20.1 Å². The zero-order chi connectivity index (χ0) is 37.5. The summed E-state index contributed by atoms with van der Waals surface area (Å²) in [7, 11) is -4.40. The van der Waals surface area contributed by atoms with E-state index in [0.717, 1.165) is 38.5 Å². The van der Waals surface area contributed by atoms with Crippen LogP contribution >= 0.6 is 7.82 Å². The number of phosphoric acid groups is 1. The molecule has 0 aromatic rings. The van der Waals surface area contributed by atoms with E-state index in [-0.39, 0.29) is 25.7 Å². The lowest BCUT2D eigenvalue weighted by Gasteiger charge is -2.15. The highest BCUT2D eigenvalue weighted by atomic mass is 31.2. The third-order valence-corrected chi connectivity index (χ3v) is 10.5. The number of amides is 1. The molecule has 0 aliphatic heterocycles. The minimum Gasteiger partial charge on any atom is -0.463 e. The number of rotatable bonds is 41. The van der Waals surface area contributed by atoms with Crippen molar-refractivity contribution in [3.8, 4) is 0 Å². The minimum atomic E-state index is -4.40. The van der Waals surface area contributed by atoms with E-state index in [0.29, 0.717) is 12.8 Å². The highest BCUT2D eigenvalue weighted by molar-refractivity contribution is 7.47. The molecule has 0 aliphatic rings. The SMILES string of the molecule is CCCCCCCCCCCCCCCCCCCCCC(=O)OCC(O)COP(=O)(O)OCCNC(=O)CCCCCCCCCCCCC. The van der Waals surface area contributed by atoms with Gasteiger partial charge in [-0.2, -0.15) is 0 Å². The van der Waals surface area contributed by atoms with Crippen LogP contribution in [0.25, 0.3) is 0 Å². The second kappa shape index (κ2) is 38.7. The van der Waals surface area contributed by atoms with Crippen LogP contribution in [0.2, 0.25) is 0 Å². The molecule has 0 radical (unpaired) electrons. The van der Waals surface area contributed by atoms with Crippen LogP contribution in [0.4, 0.5) is 0 Å². The molecule has 2 unspecified atom stereocenters. The second-order valence-corrected chi connectivity index (χ2v) is 16.1. The number of carbonyl (C=O) groups is 2. The molecule has 0 aromatic heterocycles. The van der Waals surface area contributed by atoms with Gasteiger partial charge in [0, 0.05) is 19.4 Å². The van der Waals surface area contributed by atoms with E-state index in [1.807, 2.05) is 0 Å². The number of ether oxygens (including phenoxy) is 1. The average molecular weight is 748 g/mol. The monoisotopic (exact) mass is 748 g/mol. The molecule has 0 aromatic carbocycles. The Morgan fingerprint density at radius 2 is 0.882 bits per heavy atom. The molecule has 0 bridgehead atoms. The molecule has 0 heterocycles. The Morgan fingerprint density at radius 3 is 1.27 bits per heavy atom. The molecular weight excluding hydrogens is 665 g/mol. The van der Waals surface area contributed by atoms with Gasteiger partial charge >= 0.3 is 13.8 Å². The highest BCUT2D eigenvalue weighted by Crippen LogP contribution is 2.42. The number of esters is 1. The number of hydrogen-bond acceptors (Lipinski definition) is 7. The molecule has 1 amide bonds. The molecule has 0 fully saturated rings. The number of hydrogen-bond donors (Lipinski definition) is 3. The minimum absolute atomic E-state index is 0.0877. The Bertz CT molecular complexity index is 815. The van der Waals surface area contributed by atoms with Crippen molar-refractivity contribution in [2.24, 2.45) is 0 Å². The Morgan fingerprint density at radius 1 is 0.529 bits per heavy atom. The van der Waals surface area contributed by atoms with E-state index in [1.54, 1.807) is 0 Å². The van der Waals surface area contributed by atoms with Crippen molar-refractivity contribution in [2.75, 3.05) is 26.4 Å². The topological polar surface area (TPSA) is 131 Å². The average Bonchev–Trinajstić information content (AvgIpc) is 3.11. The van der Waals surface area contributed by atoms with Gasteiger partial charge in [0.05, 0.1) is 13.2 Å². The normalized spacial score (nSPS) is 13.3. The van der Waals surface area contributed by atoms with Crippen LogP contribution in [0.3, 0.4) is 0 Å². The van der Waals surface area contributed by atoms with E-state index >= 15 is 0 Å². The molecule has 304 valence electrons. The number of unbranched alkanes of at least 4 members (excludes halogenated alkanes) is 28. The largest absolute Gasteiger partial charge is 0.472 e. The van der Waals surface area contributed by atoms with Crippen molar-refractivity contribution in [3.05, 3.63) is 0 Å². The fourth-order valence-electron chi connectivity index (χ4n) is 6.26. The van der Waals surface area contributed by atoms with Crippen molar-refractivity contribution in [1.29, 1.82) is 0 Å². The van der Waals surface area contributed by atoms with Crippen molar-refractivity contribution in [2.45, 2.75) is 225 Å². The van der Waals surface area contributed by atoms with Gasteiger partial charge in [0.15, 0.2) is 0 Å².